The van der Waals surface area contributed by atoms with Crippen LogP contribution in [0.5, 0.6) is 0 Å². The van der Waals surface area contributed by atoms with Crippen molar-refractivity contribution in [2.75, 3.05) is 0 Å². The van der Waals surface area contributed by atoms with E-state index >= 15 is 0 Å². The highest BCUT2D eigenvalue weighted by atomic mass is 16.1. The van der Waals surface area contributed by atoms with Gasteiger partial charge in [-0.25, -0.2) is 0 Å². The first-order valence-electron chi connectivity index (χ1n) is 5.12. The maximum Gasteiger partial charge on any atom is 0.274 e. The molecule has 0 aromatic heterocycles. The van der Waals surface area contributed by atoms with Crippen molar-refractivity contribution in [3.8, 4) is 11.4 Å². The quantitative estimate of drug-likeness (QED) is 0.769. The molecule has 0 saturated carbocycles. The summed E-state index contributed by atoms with van der Waals surface area (Å²) in [6.07, 6.45) is 2.62. The highest BCUT2D eigenvalue weighted by Crippen LogP contribution is 2.23. The van der Waals surface area contributed by atoms with Gasteiger partial charge in [0.1, 0.15) is 5.82 Å². The number of nitrogens with zero attached hydrogens (tertiary/aromatic N) is 1. The Bertz CT molecular complexity index is 528. The van der Waals surface area contributed by atoms with Gasteiger partial charge in [0.2, 0.25) is 0 Å². The first-order chi connectivity index (χ1) is 7.13. The topological polar surface area (TPSA) is 45.8 Å². The fourth-order valence-corrected chi connectivity index (χ4v) is 1.68. The SMILES string of the molecule is CCc1cc2c(C)c(C)c[nH]c-2nc1=O. The van der Waals surface area contributed by atoms with E-state index in [0.717, 1.165) is 17.5 Å². The Hall–Kier alpha value is -1.64. The summed E-state index contributed by atoms with van der Waals surface area (Å²) < 4.78 is 0. The molecule has 0 bridgehead atoms. The smallest absolute Gasteiger partial charge is 0.274 e. The van der Waals surface area contributed by atoms with Crippen molar-refractivity contribution in [1.82, 2.24) is 9.97 Å². The molecule has 78 valence electrons. The van der Waals surface area contributed by atoms with Gasteiger partial charge < -0.3 is 4.98 Å². The number of aryl methyl sites for hydroxylation is 2. The summed E-state index contributed by atoms with van der Waals surface area (Å²) in [5, 5.41) is 0. The first kappa shape index (κ1) is 9.90. The molecule has 0 fully saturated rings. The molecule has 2 aliphatic heterocycles. The van der Waals surface area contributed by atoms with Crippen molar-refractivity contribution >= 4 is 0 Å². The number of fused-ring (bicyclic) bond motifs is 1. The molecule has 0 saturated heterocycles. The molecule has 2 heterocycles. The van der Waals surface area contributed by atoms with Crippen LogP contribution < -0.4 is 5.56 Å². The lowest BCUT2D eigenvalue weighted by atomic mass is 10.0. The van der Waals surface area contributed by atoms with Crippen LogP contribution in [-0.2, 0) is 6.42 Å². The van der Waals surface area contributed by atoms with Gasteiger partial charge in [-0.1, -0.05) is 6.92 Å². The van der Waals surface area contributed by atoms with E-state index in [4.69, 9.17) is 0 Å². The summed E-state index contributed by atoms with van der Waals surface area (Å²) in [6.45, 7) is 6.07. The molecule has 3 nitrogen and oxygen atoms in total. The number of hydrogen-bond acceptors (Lipinski definition) is 2. The van der Waals surface area contributed by atoms with E-state index in [0.29, 0.717) is 5.82 Å². The average Bonchev–Trinajstić information content (AvgIpc) is 2.23. The summed E-state index contributed by atoms with van der Waals surface area (Å²) in [4.78, 5) is 18.6. The third-order valence-electron chi connectivity index (χ3n) is 2.86. The monoisotopic (exact) mass is 202 g/mol. The Labute approximate surface area is 88.5 Å². The Balaban J connectivity index is 2.83. The Morgan fingerprint density at radius 2 is 2.13 bits per heavy atom. The van der Waals surface area contributed by atoms with E-state index in [1.807, 2.05) is 26.1 Å². The number of aromatic nitrogens is 2. The molecule has 1 N–H and O–H groups in total. The number of H-pyrrole nitrogens is 1. The molecule has 0 aromatic rings. The number of rotatable bonds is 1. The van der Waals surface area contributed by atoms with Gasteiger partial charge in [0.05, 0.1) is 0 Å². The number of pyridine rings is 2. The summed E-state index contributed by atoms with van der Waals surface area (Å²) in [5.74, 6) is 0.681. The standard InChI is InChI=1S/C12H14N2O/c1-4-9-5-10-8(3)7(2)6-13-11(10)14-12(9)15/h5-6H,4H2,1-3H3,(H,13,14,15). The van der Waals surface area contributed by atoms with Gasteiger partial charge in [-0.3, -0.25) is 4.79 Å². The van der Waals surface area contributed by atoms with Crippen LogP contribution in [0.25, 0.3) is 11.4 Å². The van der Waals surface area contributed by atoms with E-state index in [9.17, 15) is 4.79 Å². The third kappa shape index (κ3) is 1.54. The minimum absolute atomic E-state index is 0.121. The molecule has 2 rings (SSSR count). The Morgan fingerprint density at radius 1 is 1.40 bits per heavy atom. The van der Waals surface area contributed by atoms with Gasteiger partial charge in [-0.2, -0.15) is 4.98 Å². The Morgan fingerprint density at radius 3 is 2.80 bits per heavy atom. The zero-order valence-corrected chi connectivity index (χ0v) is 9.22. The van der Waals surface area contributed by atoms with Gasteiger partial charge in [0, 0.05) is 17.3 Å². The van der Waals surface area contributed by atoms with Crippen LogP contribution in [-0.4, -0.2) is 9.97 Å². The number of aromatic amines is 1. The second-order valence-electron chi connectivity index (χ2n) is 3.80. The van der Waals surface area contributed by atoms with Crippen LogP contribution in [0, 0.1) is 13.8 Å². The second kappa shape index (κ2) is 3.50. The van der Waals surface area contributed by atoms with Crippen LogP contribution in [0.3, 0.4) is 0 Å². The highest BCUT2D eigenvalue weighted by Gasteiger charge is 2.11. The minimum Gasteiger partial charge on any atom is -0.346 e. The van der Waals surface area contributed by atoms with Crippen molar-refractivity contribution in [3.63, 3.8) is 0 Å². The van der Waals surface area contributed by atoms with Gasteiger partial charge in [0.15, 0.2) is 0 Å². The van der Waals surface area contributed by atoms with Crippen LogP contribution >= 0.6 is 0 Å². The molecule has 0 atom stereocenters. The van der Waals surface area contributed by atoms with Crippen LogP contribution in [0.1, 0.15) is 23.6 Å². The molecular weight excluding hydrogens is 188 g/mol. The van der Waals surface area contributed by atoms with Crippen LogP contribution in [0.2, 0.25) is 0 Å². The van der Waals surface area contributed by atoms with E-state index < -0.39 is 0 Å². The highest BCUT2D eigenvalue weighted by molar-refractivity contribution is 5.63. The van der Waals surface area contributed by atoms with Crippen LogP contribution in [0.4, 0.5) is 0 Å². The zero-order valence-electron chi connectivity index (χ0n) is 9.22. The molecule has 0 aliphatic carbocycles. The average molecular weight is 202 g/mol. The maximum absolute atomic E-state index is 11.5. The molecule has 15 heavy (non-hydrogen) atoms. The predicted octanol–water partition coefficient (Wildman–Crippen LogP) is 2.05. The van der Waals surface area contributed by atoms with E-state index in [1.165, 1.54) is 11.1 Å². The van der Waals surface area contributed by atoms with E-state index in [1.54, 1.807) is 0 Å². The third-order valence-corrected chi connectivity index (χ3v) is 2.86. The van der Waals surface area contributed by atoms with Crippen LogP contribution in [0.15, 0.2) is 17.1 Å². The molecule has 0 radical (unpaired) electrons. The second-order valence-corrected chi connectivity index (χ2v) is 3.80. The van der Waals surface area contributed by atoms with Crippen molar-refractivity contribution in [3.05, 3.63) is 39.3 Å². The summed E-state index contributed by atoms with van der Waals surface area (Å²) in [6, 6.07) is 1.95. The van der Waals surface area contributed by atoms with Crippen molar-refractivity contribution in [2.24, 2.45) is 0 Å². The lowest BCUT2D eigenvalue weighted by Gasteiger charge is -2.11. The first-order valence-corrected chi connectivity index (χ1v) is 5.12. The van der Waals surface area contributed by atoms with E-state index in [-0.39, 0.29) is 5.56 Å². The van der Waals surface area contributed by atoms with Gasteiger partial charge in [0.25, 0.3) is 5.56 Å². The van der Waals surface area contributed by atoms with E-state index in [2.05, 4.69) is 16.9 Å². The molecule has 0 spiro atoms. The fourth-order valence-electron chi connectivity index (χ4n) is 1.68. The summed E-state index contributed by atoms with van der Waals surface area (Å²) in [7, 11) is 0. The minimum atomic E-state index is -0.121. The van der Waals surface area contributed by atoms with Gasteiger partial charge in [-0.05, 0) is 37.5 Å². The number of hydrogen-bond donors (Lipinski definition) is 1. The summed E-state index contributed by atoms with van der Waals surface area (Å²) >= 11 is 0. The Kier molecular flexibility index (Phi) is 2.31. The summed E-state index contributed by atoms with van der Waals surface area (Å²) in [5.41, 5.74) is 4.08. The lowest BCUT2D eigenvalue weighted by molar-refractivity contribution is 1.03. The molecule has 0 unspecified atom stereocenters. The maximum atomic E-state index is 11.5. The normalized spacial score (nSPS) is 10.9. The molecule has 3 heteroatoms. The predicted molar refractivity (Wildman–Crippen MR) is 60.3 cm³/mol. The largest absolute Gasteiger partial charge is 0.346 e. The molecule has 2 aliphatic rings. The zero-order chi connectivity index (χ0) is 11.0. The molecular formula is C12H14N2O. The number of nitrogens with one attached hydrogen (secondary N) is 1. The van der Waals surface area contributed by atoms with Gasteiger partial charge in [-0.15, -0.1) is 0 Å². The molecule has 0 amide bonds. The van der Waals surface area contributed by atoms with Crippen molar-refractivity contribution in [2.45, 2.75) is 27.2 Å². The fraction of sp³-hybridized carbons (Fsp3) is 0.333. The lowest BCUT2D eigenvalue weighted by Crippen LogP contribution is -2.15. The molecule has 0 aromatic carbocycles. The van der Waals surface area contributed by atoms with Crippen molar-refractivity contribution in [1.29, 1.82) is 0 Å². The van der Waals surface area contributed by atoms with Crippen molar-refractivity contribution < 1.29 is 0 Å². The van der Waals surface area contributed by atoms with Gasteiger partial charge >= 0.3 is 0 Å².